The van der Waals surface area contributed by atoms with Crippen LogP contribution in [0.3, 0.4) is 0 Å². The molecule has 2 aromatic heterocycles. The van der Waals surface area contributed by atoms with Crippen LogP contribution in [0.2, 0.25) is 0 Å². The molecule has 0 unspecified atom stereocenters. The number of rotatable bonds is 8. The summed E-state index contributed by atoms with van der Waals surface area (Å²) < 4.78 is 53.5. The van der Waals surface area contributed by atoms with Crippen molar-refractivity contribution in [3.05, 3.63) is 50.6 Å². The van der Waals surface area contributed by atoms with Crippen LogP contribution < -0.4 is 10.3 Å². The number of hydrogen-bond donors (Lipinski definition) is 0. The third-order valence-electron chi connectivity index (χ3n) is 5.41. The topological polar surface area (TPSA) is 79.7 Å². The van der Waals surface area contributed by atoms with E-state index in [9.17, 15) is 22.8 Å². The second kappa shape index (κ2) is 10.6. The van der Waals surface area contributed by atoms with Crippen LogP contribution in [-0.2, 0) is 21.8 Å². The highest BCUT2D eigenvalue weighted by Gasteiger charge is 2.31. The van der Waals surface area contributed by atoms with E-state index in [1.807, 2.05) is 0 Å². The van der Waals surface area contributed by atoms with Gasteiger partial charge in [0.2, 0.25) is 0 Å². The highest BCUT2D eigenvalue weighted by molar-refractivity contribution is 7.98. The van der Waals surface area contributed by atoms with Crippen molar-refractivity contribution >= 4 is 39.3 Å². The van der Waals surface area contributed by atoms with Gasteiger partial charge >= 0.3 is 12.3 Å². The van der Waals surface area contributed by atoms with E-state index in [0.29, 0.717) is 44.7 Å². The molecule has 12 heteroatoms. The van der Waals surface area contributed by atoms with Crippen molar-refractivity contribution < 1.29 is 32.2 Å². The third-order valence-corrected chi connectivity index (χ3v) is 7.62. The fourth-order valence-corrected chi connectivity index (χ4v) is 5.87. The summed E-state index contributed by atoms with van der Waals surface area (Å²) in [5.41, 5.74) is 1.02. The molecule has 1 aliphatic heterocycles. The first-order valence-corrected chi connectivity index (χ1v) is 12.8. The Kier molecular flexibility index (Phi) is 7.72. The Morgan fingerprint density at radius 3 is 2.69 bits per heavy atom. The van der Waals surface area contributed by atoms with Crippen LogP contribution in [0, 0.1) is 6.92 Å². The third kappa shape index (κ3) is 5.99. The first-order valence-electron chi connectivity index (χ1n) is 11.0. The molecule has 3 heterocycles. The van der Waals surface area contributed by atoms with Crippen LogP contribution in [0.5, 0.6) is 5.75 Å². The van der Waals surface area contributed by atoms with Gasteiger partial charge in [0.15, 0.2) is 5.16 Å². The largest absolute Gasteiger partial charge is 0.573 e. The van der Waals surface area contributed by atoms with Gasteiger partial charge in [-0.3, -0.25) is 9.36 Å². The molecule has 3 aromatic rings. The van der Waals surface area contributed by atoms with Crippen molar-refractivity contribution in [2.75, 3.05) is 13.2 Å². The molecule has 35 heavy (non-hydrogen) atoms. The Morgan fingerprint density at radius 2 is 2.06 bits per heavy atom. The highest BCUT2D eigenvalue weighted by atomic mass is 32.2. The first-order chi connectivity index (χ1) is 16.7. The lowest BCUT2D eigenvalue weighted by molar-refractivity contribution is -0.274. The van der Waals surface area contributed by atoms with Crippen molar-refractivity contribution in [2.24, 2.45) is 0 Å². The van der Waals surface area contributed by atoms with Gasteiger partial charge in [0.1, 0.15) is 15.5 Å². The summed E-state index contributed by atoms with van der Waals surface area (Å²) in [6.45, 7) is 4.60. The molecular formula is C23H23F3N2O5S2. The average molecular weight is 529 g/mol. The molecule has 1 aromatic carbocycles. The van der Waals surface area contributed by atoms with Crippen LogP contribution in [0.4, 0.5) is 13.2 Å². The number of fused-ring (bicyclic) bond motifs is 1. The fourth-order valence-electron chi connectivity index (χ4n) is 3.79. The normalized spacial score (nSPS) is 16.1. The van der Waals surface area contributed by atoms with Crippen molar-refractivity contribution in [2.45, 2.75) is 56.6 Å². The molecule has 0 radical (unpaired) electrons. The summed E-state index contributed by atoms with van der Waals surface area (Å²) in [5, 5.41) is 0.833. The number of aryl methyl sites for hydroxylation is 1. The van der Waals surface area contributed by atoms with E-state index in [-0.39, 0.29) is 24.0 Å². The molecule has 0 N–H and O–H groups in total. The van der Waals surface area contributed by atoms with Crippen LogP contribution in [0.25, 0.3) is 10.2 Å². The van der Waals surface area contributed by atoms with Crippen molar-refractivity contribution in [3.8, 4) is 5.75 Å². The maximum Gasteiger partial charge on any atom is 0.573 e. The maximum absolute atomic E-state index is 13.5. The van der Waals surface area contributed by atoms with Crippen LogP contribution in [0.15, 0.2) is 34.2 Å². The van der Waals surface area contributed by atoms with Gasteiger partial charge in [0.05, 0.1) is 24.6 Å². The summed E-state index contributed by atoms with van der Waals surface area (Å²) in [7, 11) is 0. The van der Waals surface area contributed by atoms with Gasteiger partial charge in [-0.2, -0.15) is 0 Å². The molecule has 0 saturated carbocycles. The van der Waals surface area contributed by atoms with E-state index in [0.717, 1.165) is 29.7 Å². The van der Waals surface area contributed by atoms with Gasteiger partial charge in [-0.05, 0) is 49.9 Å². The molecule has 1 atom stereocenters. The Labute approximate surface area is 207 Å². The maximum atomic E-state index is 13.5. The van der Waals surface area contributed by atoms with E-state index in [4.69, 9.17) is 14.5 Å². The first kappa shape index (κ1) is 25.5. The summed E-state index contributed by atoms with van der Waals surface area (Å²) in [6, 6.07) is 5.55. The van der Waals surface area contributed by atoms with E-state index in [1.165, 1.54) is 36.0 Å². The van der Waals surface area contributed by atoms with Gasteiger partial charge in [-0.1, -0.05) is 23.9 Å². The lowest BCUT2D eigenvalue weighted by Gasteiger charge is -2.16. The summed E-state index contributed by atoms with van der Waals surface area (Å²) in [5.74, 6) is -0.430. The number of benzene rings is 1. The smallest absolute Gasteiger partial charge is 0.462 e. The molecule has 0 aliphatic carbocycles. The number of nitrogens with zero attached hydrogens (tertiary/aromatic N) is 2. The molecule has 1 aliphatic rings. The predicted molar refractivity (Wildman–Crippen MR) is 126 cm³/mol. The Morgan fingerprint density at radius 1 is 1.31 bits per heavy atom. The molecular weight excluding hydrogens is 505 g/mol. The number of halogens is 3. The number of aromatic nitrogens is 2. The minimum Gasteiger partial charge on any atom is -0.462 e. The van der Waals surface area contributed by atoms with Crippen LogP contribution >= 0.6 is 23.1 Å². The number of ether oxygens (including phenoxy) is 3. The minimum absolute atomic E-state index is 0.117. The number of thioether (sulfide) groups is 1. The molecule has 0 amide bonds. The SMILES string of the molecule is CCOC(=O)c1sc2nc(SCc3ccc(OC(F)(F)F)cc3)n(C[C@@H]3CCCO3)c(=O)c2c1C. The second-order valence-electron chi connectivity index (χ2n) is 7.88. The van der Waals surface area contributed by atoms with Crippen LogP contribution in [-0.4, -0.2) is 41.2 Å². The summed E-state index contributed by atoms with van der Waals surface area (Å²) in [6.07, 6.45) is -3.14. The lowest BCUT2D eigenvalue weighted by Crippen LogP contribution is -2.28. The Bertz CT molecular complexity index is 1270. The molecule has 7 nitrogen and oxygen atoms in total. The van der Waals surface area contributed by atoms with E-state index in [1.54, 1.807) is 18.4 Å². The Balaban J connectivity index is 1.65. The second-order valence-corrected chi connectivity index (χ2v) is 9.82. The molecule has 1 fully saturated rings. The highest BCUT2D eigenvalue weighted by Crippen LogP contribution is 2.32. The number of hydrogen-bond acceptors (Lipinski definition) is 8. The van der Waals surface area contributed by atoms with Gasteiger partial charge in [0, 0.05) is 12.4 Å². The monoisotopic (exact) mass is 528 g/mol. The number of carbonyl (C=O) groups is 1. The zero-order chi connectivity index (χ0) is 25.2. The average Bonchev–Trinajstić information content (AvgIpc) is 3.42. The van der Waals surface area contributed by atoms with Crippen molar-refractivity contribution in [3.63, 3.8) is 0 Å². The molecule has 4 rings (SSSR count). The summed E-state index contributed by atoms with van der Waals surface area (Å²) >= 11 is 2.40. The quantitative estimate of drug-likeness (QED) is 0.223. The van der Waals surface area contributed by atoms with E-state index < -0.39 is 12.3 Å². The molecule has 0 spiro atoms. The lowest BCUT2D eigenvalue weighted by atomic mass is 10.2. The fraction of sp³-hybridized carbons (Fsp3) is 0.435. The van der Waals surface area contributed by atoms with Gasteiger partial charge in [-0.15, -0.1) is 24.5 Å². The number of thiophene rings is 1. The zero-order valence-electron chi connectivity index (χ0n) is 19.0. The predicted octanol–water partition coefficient (Wildman–Crippen LogP) is 5.31. The summed E-state index contributed by atoms with van der Waals surface area (Å²) in [4.78, 5) is 31.4. The molecule has 1 saturated heterocycles. The van der Waals surface area contributed by atoms with Crippen LogP contribution in [0.1, 0.15) is 40.6 Å². The number of esters is 1. The van der Waals surface area contributed by atoms with Gasteiger partial charge in [-0.25, -0.2) is 9.78 Å². The Hall–Kier alpha value is -2.57. The van der Waals surface area contributed by atoms with Crippen molar-refractivity contribution in [1.82, 2.24) is 9.55 Å². The van der Waals surface area contributed by atoms with E-state index >= 15 is 0 Å². The van der Waals surface area contributed by atoms with Gasteiger partial charge in [0.25, 0.3) is 5.56 Å². The minimum atomic E-state index is -4.75. The van der Waals surface area contributed by atoms with Gasteiger partial charge < -0.3 is 14.2 Å². The molecule has 188 valence electrons. The standard InChI is InChI=1S/C23H23F3N2O5S2/c1-3-31-21(30)18-13(2)17-19(35-18)27-22(28(20(17)29)11-16-5-4-10-32-16)34-12-14-6-8-15(9-7-14)33-23(24,25)26/h6-9,16H,3-5,10-12H2,1-2H3/t16-/m0/s1. The number of alkyl halides is 3. The zero-order valence-corrected chi connectivity index (χ0v) is 20.6. The van der Waals surface area contributed by atoms with Crippen molar-refractivity contribution in [1.29, 1.82) is 0 Å². The number of carbonyl (C=O) groups excluding carboxylic acids is 1. The molecule has 0 bridgehead atoms. The van der Waals surface area contributed by atoms with E-state index in [2.05, 4.69) is 4.74 Å².